The molecule has 0 saturated carbocycles. The molecule has 2 aromatic rings. The van der Waals surface area contributed by atoms with Gasteiger partial charge in [-0.3, -0.25) is 4.79 Å². The van der Waals surface area contributed by atoms with Crippen molar-refractivity contribution in [1.82, 2.24) is 10.3 Å². The SMILES string of the molecule is Cc1cc(SCC(=O)N[C@@](C)(C#N)C(C)C)nc2c(C)cccc12. The van der Waals surface area contributed by atoms with Crippen LogP contribution in [0.3, 0.4) is 0 Å². The summed E-state index contributed by atoms with van der Waals surface area (Å²) < 4.78 is 0. The summed E-state index contributed by atoms with van der Waals surface area (Å²) in [5.74, 6) is 0.135. The van der Waals surface area contributed by atoms with Crippen LogP contribution in [-0.2, 0) is 4.79 Å². The Hall–Kier alpha value is -2.06. The lowest BCUT2D eigenvalue weighted by Crippen LogP contribution is -2.49. The average Bonchev–Trinajstić information content (AvgIpc) is 2.53. The van der Waals surface area contributed by atoms with E-state index in [1.54, 1.807) is 6.92 Å². The van der Waals surface area contributed by atoms with Crippen LogP contribution in [-0.4, -0.2) is 22.2 Å². The first-order valence-electron chi connectivity index (χ1n) is 7.99. The molecule has 1 aromatic carbocycles. The summed E-state index contributed by atoms with van der Waals surface area (Å²) in [7, 11) is 0. The number of amides is 1. The van der Waals surface area contributed by atoms with Gasteiger partial charge in [0.25, 0.3) is 0 Å². The number of pyridine rings is 1. The predicted octanol–water partition coefficient (Wildman–Crippen LogP) is 4.00. The summed E-state index contributed by atoms with van der Waals surface area (Å²) in [6.07, 6.45) is 0. The van der Waals surface area contributed by atoms with E-state index in [4.69, 9.17) is 0 Å². The molecule has 2 rings (SSSR count). The Morgan fingerprint density at radius 3 is 2.71 bits per heavy atom. The number of para-hydroxylation sites is 1. The summed E-state index contributed by atoms with van der Waals surface area (Å²) in [4.78, 5) is 16.9. The van der Waals surface area contributed by atoms with Crippen molar-refractivity contribution in [3.63, 3.8) is 0 Å². The molecule has 1 amide bonds. The van der Waals surface area contributed by atoms with Crippen LogP contribution in [0.15, 0.2) is 29.3 Å². The number of benzene rings is 1. The lowest BCUT2D eigenvalue weighted by molar-refractivity contribution is -0.120. The van der Waals surface area contributed by atoms with Crippen LogP contribution in [0.5, 0.6) is 0 Å². The van der Waals surface area contributed by atoms with Crippen LogP contribution in [0, 0.1) is 31.1 Å². The van der Waals surface area contributed by atoms with Crippen LogP contribution in [0.4, 0.5) is 0 Å². The smallest absolute Gasteiger partial charge is 0.231 e. The number of carbonyl (C=O) groups is 1. The number of nitrogens with zero attached hydrogens (tertiary/aromatic N) is 2. The molecule has 24 heavy (non-hydrogen) atoms. The molecule has 0 aliphatic carbocycles. The third-order valence-electron chi connectivity index (χ3n) is 4.36. The molecule has 0 radical (unpaired) electrons. The number of rotatable bonds is 5. The quantitative estimate of drug-likeness (QED) is 0.835. The van der Waals surface area contributed by atoms with Gasteiger partial charge in [0.1, 0.15) is 5.54 Å². The molecule has 0 unspecified atom stereocenters. The predicted molar refractivity (Wildman–Crippen MR) is 98.9 cm³/mol. The Labute approximate surface area is 147 Å². The minimum atomic E-state index is -0.846. The van der Waals surface area contributed by atoms with Crippen molar-refractivity contribution < 1.29 is 4.79 Å². The second-order valence-electron chi connectivity index (χ2n) is 6.55. The molecular weight excluding hydrogens is 318 g/mol. The molecule has 0 aliphatic heterocycles. The lowest BCUT2D eigenvalue weighted by atomic mass is 9.90. The molecule has 1 N–H and O–H groups in total. The van der Waals surface area contributed by atoms with Gasteiger partial charge in [-0.2, -0.15) is 5.26 Å². The van der Waals surface area contributed by atoms with E-state index in [9.17, 15) is 10.1 Å². The number of carbonyl (C=O) groups excluding carboxylic acids is 1. The van der Waals surface area contributed by atoms with Gasteiger partial charge < -0.3 is 5.32 Å². The van der Waals surface area contributed by atoms with Gasteiger partial charge in [0.05, 0.1) is 22.4 Å². The number of nitrogens with one attached hydrogen (secondary N) is 1. The molecule has 0 bridgehead atoms. The highest BCUT2D eigenvalue weighted by molar-refractivity contribution is 7.99. The number of thioether (sulfide) groups is 1. The Balaban J connectivity index is 2.13. The second kappa shape index (κ2) is 7.23. The van der Waals surface area contributed by atoms with E-state index in [-0.39, 0.29) is 17.6 Å². The molecule has 5 heteroatoms. The van der Waals surface area contributed by atoms with E-state index in [2.05, 4.69) is 29.4 Å². The minimum absolute atomic E-state index is 0.0418. The number of hydrogen-bond donors (Lipinski definition) is 1. The highest BCUT2D eigenvalue weighted by Crippen LogP contribution is 2.25. The first kappa shape index (κ1) is 18.3. The van der Waals surface area contributed by atoms with Crippen molar-refractivity contribution in [3.05, 3.63) is 35.4 Å². The highest BCUT2D eigenvalue weighted by atomic mass is 32.2. The van der Waals surface area contributed by atoms with Crippen LogP contribution >= 0.6 is 11.8 Å². The maximum absolute atomic E-state index is 12.2. The Kier molecular flexibility index (Phi) is 5.51. The monoisotopic (exact) mass is 341 g/mol. The lowest BCUT2D eigenvalue weighted by Gasteiger charge is -2.27. The molecule has 0 saturated heterocycles. The van der Waals surface area contributed by atoms with Gasteiger partial charge >= 0.3 is 0 Å². The van der Waals surface area contributed by atoms with E-state index in [0.29, 0.717) is 0 Å². The van der Waals surface area contributed by atoms with Gasteiger partial charge in [0, 0.05) is 5.39 Å². The molecule has 1 atom stereocenters. The summed E-state index contributed by atoms with van der Waals surface area (Å²) in [5.41, 5.74) is 2.40. The Morgan fingerprint density at radius 2 is 2.08 bits per heavy atom. The third kappa shape index (κ3) is 3.88. The maximum Gasteiger partial charge on any atom is 0.231 e. The molecular formula is C19H23N3OS. The van der Waals surface area contributed by atoms with Crippen molar-refractivity contribution >= 4 is 28.6 Å². The van der Waals surface area contributed by atoms with Crippen molar-refractivity contribution in [1.29, 1.82) is 5.26 Å². The first-order valence-corrected chi connectivity index (χ1v) is 8.97. The van der Waals surface area contributed by atoms with Crippen LogP contribution in [0.25, 0.3) is 10.9 Å². The number of aryl methyl sites for hydroxylation is 2. The zero-order valence-corrected chi connectivity index (χ0v) is 15.6. The van der Waals surface area contributed by atoms with Crippen LogP contribution in [0.1, 0.15) is 31.9 Å². The van der Waals surface area contributed by atoms with Crippen molar-refractivity contribution in [3.8, 4) is 6.07 Å². The Morgan fingerprint density at radius 1 is 1.38 bits per heavy atom. The minimum Gasteiger partial charge on any atom is -0.337 e. The van der Waals surface area contributed by atoms with E-state index >= 15 is 0 Å². The van der Waals surface area contributed by atoms with Gasteiger partial charge in [-0.05, 0) is 43.9 Å². The topological polar surface area (TPSA) is 65.8 Å². The van der Waals surface area contributed by atoms with E-state index < -0.39 is 5.54 Å². The van der Waals surface area contributed by atoms with E-state index in [1.165, 1.54) is 11.8 Å². The van der Waals surface area contributed by atoms with Crippen molar-refractivity contribution in [2.24, 2.45) is 5.92 Å². The maximum atomic E-state index is 12.2. The standard InChI is InChI=1S/C19H23N3OS/c1-12(2)19(5,11-20)22-16(23)10-24-17-9-14(4)15-8-6-7-13(3)18(15)21-17/h6-9,12H,10H2,1-5H3,(H,22,23)/t19-/m0/s1. The third-order valence-corrected chi connectivity index (χ3v) is 5.27. The molecule has 0 spiro atoms. The van der Waals surface area contributed by atoms with Crippen LogP contribution < -0.4 is 5.32 Å². The second-order valence-corrected chi connectivity index (χ2v) is 7.55. The summed E-state index contributed by atoms with van der Waals surface area (Å²) in [6.45, 7) is 9.69. The van der Waals surface area contributed by atoms with Gasteiger partial charge in [0.15, 0.2) is 0 Å². The molecule has 0 aliphatic rings. The molecule has 4 nitrogen and oxygen atoms in total. The number of nitriles is 1. The van der Waals surface area contributed by atoms with Crippen molar-refractivity contribution in [2.75, 3.05) is 5.75 Å². The van der Waals surface area contributed by atoms with Gasteiger partial charge in [-0.15, -0.1) is 0 Å². The normalized spacial score (nSPS) is 13.5. The molecule has 1 aromatic heterocycles. The fraction of sp³-hybridized carbons (Fsp3) is 0.421. The molecule has 0 fully saturated rings. The Bertz CT molecular complexity index is 810. The summed E-state index contributed by atoms with van der Waals surface area (Å²) in [6, 6.07) is 10.3. The summed E-state index contributed by atoms with van der Waals surface area (Å²) in [5, 5.41) is 14.1. The van der Waals surface area contributed by atoms with Gasteiger partial charge in [0.2, 0.25) is 5.91 Å². The summed E-state index contributed by atoms with van der Waals surface area (Å²) >= 11 is 1.40. The largest absolute Gasteiger partial charge is 0.337 e. The van der Waals surface area contributed by atoms with E-state index in [0.717, 1.165) is 27.1 Å². The zero-order chi connectivity index (χ0) is 17.9. The molecule has 1 heterocycles. The highest BCUT2D eigenvalue weighted by Gasteiger charge is 2.29. The number of hydrogen-bond acceptors (Lipinski definition) is 4. The zero-order valence-electron chi connectivity index (χ0n) is 14.8. The van der Waals surface area contributed by atoms with E-state index in [1.807, 2.05) is 39.0 Å². The first-order chi connectivity index (χ1) is 11.3. The van der Waals surface area contributed by atoms with Gasteiger partial charge in [-0.25, -0.2) is 4.98 Å². The fourth-order valence-electron chi connectivity index (χ4n) is 2.37. The van der Waals surface area contributed by atoms with Gasteiger partial charge in [-0.1, -0.05) is 43.8 Å². The fourth-order valence-corrected chi connectivity index (χ4v) is 3.14. The molecule has 126 valence electrons. The van der Waals surface area contributed by atoms with Crippen LogP contribution in [0.2, 0.25) is 0 Å². The average molecular weight is 341 g/mol. The number of fused-ring (bicyclic) bond motifs is 1. The number of aromatic nitrogens is 1. The van der Waals surface area contributed by atoms with Crippen molar-refractivity contribution in [2.45, 2.75) is 45.2 Å².